The first-order valence-corrected chi connectivity index (χ1v) is 9.33. The zero-order chi connectivity index (χ0) is 18.4. The van der Waals surface area contributed by atoms with Gasteiger partial charge in [-0.1, -0.05) is 17.7 Å². The maximum atomic E-state index is 12.3. The monoisotopic (exact) mass is 383 g/mol. The number of fused-ring (bicyclic) bond motifs is 1. The van der Waals surface area contributed by atoms with Crippen molar-refractivity contribution >= 4 is 32.7 Å². The smallest absolute Gasteiger partial charge is 0.331 e. The van der Waals surface area contributed by atoms with Gasteiger partial charge in [0.05, 0.1) is 28.0 Å². The Hall–Kier alpha value is -2.49. The molecule has 0 aliphatic heterocycles. The van der Waals surface area contributed by atoms with Gasteiger partial charge < -0.3 is 15.2 Å². The lowest BCUT2D eigenvalue weighted by Crippen LogP contribution is -2.21. The summed E-state index contributed by atoms with van der Waals surface area (Å²) < 4.78 is 25.9. The molecular weight excluding hydrogens is 370 g/mol. The zero-order valence-electron chi connectivity index (χ0n) is 12.9. The third-order valence-corrected chi connectivity index (χ3v) is 4.54. The lowest BCUT2D eigenvalue weighted by Gasteiger charge is -2.08. The van der Waals surface area contributed by atoms with Crippen LogP contribution < -0.4 is 10.4 Å². The van der Waals surface area contributed by atoms with E-state index < -0.39 is 15.7 Å². The second-order valence-electron chi connectivity index (χ2n) is 5.50. The Labute approximate surface area is 147 Å². The molecule has 0 saturated carbocycles. The number of H-pyrrole nitrogens is 1. The summed E-state index contributed by atoms with van der Waals surface area (Å²) in [6, 6.07) is 7.23. The fraction of sp³-hybridized carbons (Fsp3) is 0.133. The number of hydrogen-bond donors (Lipinski definition) is 4. The Morgan fingerprint density at radius 1 is 1.20 bits per heavy atom. The molecule has 0 radical (unpaired) electrons. The lowest BCUT2D eigenvalue weighted by atomic mass is 10.2. The van der Waals surface area contributed by atoms with E-state index >= 15 is 0 Å². The van der Waals surface area contributed by atoms with Crippen LogP contribution in [0, 0.1) is 0 Å². The largest absolute Gasteiger partial charge is 0.506 e. The molecule has 132 valence electrons. The number of halogens is 1. The molecule has 0 amide bonds. The van der Waals surface area contributed by atoms with Crippen LogP contribution in [0.15, 0.2) is 35.1 Å². The summed E-state index contributed by atoms with van der Waals surface area (Å²) >= 11 is 5.86. The van der Waals surface area contributed by atoms with Crippen molar-refractivity contribution in [2.24, 2.45) is 0 Å². The van der Waals surface area contributed by atoms with Gasteiger partial charge >= 0.3 is 5.69 Å². The van der Waals surface area contributed by atoms with Gasteiger partial charge in [0.15, 0.2) is 0 Å². The summed E-state index contributed by atoms with van der Waals surface area (Å²) in [5, 5.41) is 19.5. The fourth-order valence-corrected chi connectivity index (χ4v) is 3.03. The van der Waals surface area contributed by atoms with E-state index in [4.69, 9.17) is 11.6 Å². The molecule has 0 aliphatic rings. The molecule has 10 heteroatoms. The van der Waals surface area contributed by atoms with Crippen LogP contribution in [0.5, 0.6) is 11.5 Å². The van der Waals surface area contributed by atoms with Crippen molar-refractivity contribution in [2.75, 3.05) is 6.26 Å². The molecule has 0 fully saturated rings. The van der Waals surface area contributed by atoms with Crippen molar-refractivity contribution in [1.82, 2.24) is 14.3 Å². The summed E-state index contributed by atoms with van der Waals surface area (Å²) in [4.78, 5) is 14.9. The van der Waals surface area contributed by atoms with Crippen molar-refractivity contribution in [2.45, 2.75) is 6.54 Å². The third kappa shape index (κ3) is 3.48. The number of phenols is 2. The number of imidazole rings is 1. The van der Waals surface area contributed by atoms with Gasteiger partial charge in [0.25, 0.3) is 0 Å². The number of sulfonamides is 1. The van der Waals surface area contributed by atoms with Gasteiger partial charge in [0.1, 0.15) is 11.5 Å². The maximum absolute atomic E-state index is 12.3. The van der Waals surface area contributed by atoms with E-state index in [-0.39, 0.29) is 28.8 Å². The van der Waals surface area contributed by atoms with Crippen LogP contribution in [-0.2, 0) is 16.6 Å². The summed E-state index contributed by atoms with van der Waals surface area (Å²) in [6.07, 6.45) is 1.06. The van der Waals surface area contributed by atoms with Crippen LogP contribution in [0.25, 0.3) is 16.7 Å². The Bertz CT molecular complexity index is 1130. The number of aromatic hydroxyl groups is 2. The third-order valence-electron chi connectivity index (χ3n) is 3.57. The van der Waals surface area contributed by atoms with E-state index in [0.29, 0.717) is 16.6 Å². The highest BCUT2D eigenvalue weighted by Crippen LogP contribution is 2.33. The van der Waals surface area contributed by atoms with Crippen LogP contribution >= 0.6 is 11.6 Å². The highest BCUT2D eigenvalue weighted by atomic mass is 35.5. The maximum Gasteiger partial charge on any atom is 0.331 e. The Morgan fingerprint density at radius 3 is 2.60 bits per heavy atom. The van der Waals surface area contributed by atoms with Gasteiger partial charge in [-0.2, -0.15) is 0 Å². The average molecular weight is 384 g/mol. The highest BCUT2D eigenvalue weighted by Gasteiger charge is 2.15. The van der Waals surface area contributed by atoms with Gasteiger partial charge in [-0.25, -0.2) is 17.9 Å². The van der Waals surface area contributed by atoms with Gasteiger partial charge in [-0.15, -0.1) is 0 Å². The summed E-state index contributed by atoms with van der Waals surface area (Å²) in [7, 11) is -3.33. The second kappa shape index (κ2) is 6.10. The minimum atomic E-state index is -3.33. The normalized spacial score (nSPS) is 11.9. The predicted octanol–water partition coefficient (Wildman–Crippen LogP) is 1.43. The van der Waals surface area contributed by atoms with Crippen LogP contribution in [0.4, 0.5) is 0 Å². The van der Waals surface area contributed by atoms with E-state index in [1.807, 2.05) is 0 Å². The van der Waals surface area contributed by atoms with Crippen LogP contribution in [0.1, 0.15) is 5.56 Å². The standard InChI is InChI=1S/C15H14ClN3O5S/c1-25(23,24)17-7-8-2-3-11-10(4-8)18-15(22)19(11)12-5-9(16)13(20)6-14(12)21/h2-6,17,20-21H,7H2,1H3,(H,18,22). The molecule has 0 unspecified atom stereocenters. The van der Waals surface area contributed by atoms with Crippen molar-refractivity contribution in [1.29, 1.82) is 0 Å². The number of benzene rings is 2. The van der Waals surface area contributed by atoms with E-state index in [2.05, 4.69) is 9.71 Å². The Morgan fingerprint density at radius 2 is 1.92 bits per heavy atom. The minimum absolute atomic E-state index is 0.0111. The molecule has 0 aliphatic carbocycles. The molecule has 2 aromatic carbocycles. The molecule has 0 spiro atoms. The molecule has 25 heavy (non-hydrogen) atoms. The SMILES string of the molecule is CS(=O)(=O)NCc1ccc2c(c1)[nH]c(=O)n2-c1cc(Cl)c(O)cc1O. The molecule has 3 aromatic rings. The quantitative estimate of drug-likeness (QED) is 0.542. The number of aromatic nitrogens is 2. The second-order valence-corrected chi connectivity index (χ2v) is 7.74. The van der Waals surface area contributed by atoms with Gasteiger partial charge in [0, 0.05) is 12.6 Å². The number of aromatic amines is 1. The molecular formula is C15H14ClN3O5S. The van der Waals surface area contributed by atoms with Crippen LogP contribution in [0.3, 0.4) is 0 Å². The van der Waals surface area contributed by atoms with Gasteiger partial charge in [0.2, 0.25) is 10.0 Å². The minimum Gasteiger partial charge on any atom is -0.506 e. The number of rotatable bonds is 4. The Kier molecular flexibility index (Phi) is 4.23. The number of nitrogens with one attached hydrogen (secondary N) is 2. The lowest BCUT2D eigenvalue weighted by molar-refractivity contribution is 0.449. The van der Waals surface area contributed by atoms with Crippen molar-refractivity contribution < 1.29 is 18.6 Å². The summed E-state index contributed by atoms with van der Waals surface area (Å²) in [5.74, 6) is -0.613. The van der Waals surface area contributed by atoms with E-state index in [1.165, 1.54) is 10.6 Å². The first-order chi connectivity index (χ1) is 11.7. The van der Waals surface area contributed by atoms with Crippen molar-refractivity contribution in [3.63, 3.8) is 0 Å². The molecule has 8 nitrogen and oxygen atoms in total. The van der Waals surface area contributed by atoms with Crippen LogP contribution in [0.2, 0.25) is 5.02 Å². The number of hydrogen-bond acceptors (Lipinski definition) is 5. The fourth-order valence-electron chi connectivity index (χ4n) is 2.44. The van der Waals surface area contributed by atoms with Crippen molar-refractivity contribution in [3.05, 3.63) is 51.4 Å². The highest BCUT2D eigenvalue weighted by molar-refractivity contribution is 7.88. The molecule has 4 N–H and O–H groups in total. The summed E-state index contributed by atoms with van der Waals surface area (Å²) in [5.41, 5.74) is 1.17. The van der Waals surface area contributed by atoms with Crippen LogP contribution in [-0.4, -0.2) is 34.4 Å². The summed E-state index contributed by atoms with van der Waals surface area (Å²) in [6.45, 7) is 0.0816. The first-order valence-electron chi connectivity index (χ1n) is 7.06. The molecule has 1 aromatic heterocycles. The van der Waals surface area contributed by atoms with Gasteiger partial charge in [-0.3, -0.25) is 4.57 Å². The predicted molar refractivity (Wildman–Crippen MR) is 93.9 cm³/mol. The molecule has 0 saturated heterocycles. The number of nitrogens with zero attached hydrogens (tertiary/aromatic N) is 1. The Balaban J connectivity index is 2.11. The molecule has 1 heterocycles. The van der Waals surface area contributed by atoms with E-state index in [1.54, 1.807) is 18.2 Å². The molecule has 0 atom stereocenters. The van der Waals surface area contributed by atoms with Crippen molar-refractivity contribution in [3.8, 4) is 17.2 Å². The first kappa shape index (κ1) is 17.3. The van der Waals surface area contributed by atoms with E-state index in [9.17, 15) is 23.4 Å². The molecule has 3 rings (SSSR count). The zero-order valence-corrected chi connectivity index (χ0v) is 14.5. The van der Waals surface area contributed by atoms with Gasteiger partial charge in [-0.05, 0) is 23.8 Å². The average Bonchev–Trinajstić information content (AvgIpc) is 2.83. The van der Waals surface area contributed by atoms with E-state index in [0.717, 1.165) is 12.3 Å². The molecule has 0 bridgehead atoms. The number of phenolic OH excluding ortho intramolecular Hbond substituents is 2. The topological polar surface area (TPSA) is 124 Å².